The smallest absolute Gasteiger partial charge is 0.272 e. The number of nitro benzene ring substituents is 1. The van der Waals surface area contributed by atoms with E-state index in [4.69, 9.17) is 0 Å². The molecule has 0 aliphatic carbocycles. The van der Waals surface area contributed by atoms with E-state index in [9.17, 15) is 10.1 Å². The zero-order valence-corrected chi connectivity index (χ0v) is 16.7. The number of rotatable bonds is 10. The maximum absolute atomic E-state index is 11.0. The van der Waals surface area contributed by atoms with E-state index in [2.05, 4.69) is 33.9 Å². The second-order valence-corrected chi connectivity index (χ2v) is 7.54. The molecule has 0 saturated heterocycles. The van der Waals surface area contributed by atoms with Gasteiger partial charge in [0.1, 0.15) is 5.82 Å². The second kappa shape index (κ2) is 9.68. The van der Waals surface area contributed by atoms with Crippen LogP contribution in [0.3, 0.4) is 0 Å². The summed E-state index contributed by atoms with van der Waals surface area (Å²) in [6.07, 6.45) is 3.83. The Morgan fingerprint density at radius 3 is 2.77 bits per heavy atom. The minimum Gasteiger partial charge on any atom is -0.313 e. The van der Waals surface area contributed by atoms with Crippen LogP contribution in [0.4, 0.5) is 5.69 Å². The Hall–Kier alpha value is -1.93. The van der Waals surface area contributed by atoms with Crippen LogP contribution in [0.15, 0.2) is 23.4 Å². The van der Waals surface area contributed by atoms with Crippen molar-refractivity contribution in [3.05, 3.63) is 45.3 Å². The van der Waals surface area contributed by atoms with Crippen molar-refractivity contribution in [3.8, 4) is 0 Å². The van der Waals surface area contributed by atoms with Crippen LogP contribution < -0.4 is 5.32 Å². The lowest BCUT2D eigenvalue weighted by molar-refractivity contribution is -0.385. The van der Waals surface area contributed by atoms with Crippen molar-refractivity contribution < 1.29 is 4.92 Å². The first-order valence-electron chi connectivity index (χ1n) is 8.83. The number of hydrogen-bond acceptors (Lipinski definition) is 6. The van der Waals surface area contributed by atoms with Gasteiger partial charge in [0.15, 0.2) is 5.16 Å². The van der Waals surface area contributed by atoms with Crippen LogP contribution in [0.5, 0.6) is 0 Å². The van der Waals surface area contributed by atoms with Crippen molar-refractivity contribution in [1.29, 1.82) is 0 Å². The van der Waals surface area contributed by atoms with Crippen molar-refractivity contribution in [2.45, 2.75) is 51.9 Å². The Labute approximate surface area is 158 Å². The van der Waals surface area contributed by atoms with Crippen LogP contribution in [0.25, 0.3) is 0 Å². The highest BCUT2D eigenvalue weighted by Crippen LogP contribution is 2.19. The Kier molecular flexibility index (Phi) is 7.59. The van der Waals surface area contributed by atoms with Gasteiger partial charge in [-0.25, -0.2) is 0 Å². The van der Waals surface area contributed by atoms with E-state index in [0.29, 0.717) is 18.0 Å². The molecule has 0 unspecified atom stereocenters. The Morgan fingerprint density at radius 1 is 1.35 bits per heavy atom. The summed E-state index contributed by atoms with van der Waals surface area (Å²) < 4.78 is 2.21. The van der Waals surface area contributed by atoms with E-state index in [1.54, 1.807) is 30.8 Å². The third-order valence-corrected chi connectivity index (χ3v) is 4.74. The fourth-order valence-corrected chi connectivity index (χ4v) is 3.29. The van der Waals surface area contributed by atoms with E-state index in [-0.39, 0.29) is 10.6 Å². The number of aryl methyl sites for hydroxylation is 2. The molecule has 0 atom stereocenters. The molecule has 2 aromatic rings. The van der Waals surface area contributed by atoms with Crippen molar-refractivity contribution >= 4 is 17.4 Å². The molecular formula is C18H27N5O2S. The molecule has 0 fully saturated rings. The largest absolute Gasteiger partial charge is 0.313 e. The Bertz CT molecular complexity index is 745. The first-order valence-corrected chi connectivity index (χ1v) is 10.1. The highest BCUT2D eigenvalue weighted by Gasteiger charge is 2.13. The Morgan fingerprint density at radius 2 is 2.12 bits per heavy atom. The second-order valence-electron chi connectivity index (χ2n) is 6.77. The van der Waals surface area contributed by atoms with Crippen LogP contribution >= 0.6 is 11.8 Å². The number of thioether (sulfide) groups is 1. The third kappa shape index (κ3) is 5.54. The molecule has 26 heavy (non-hydrogen) atoms. The number of nitro groups is 1. The molecule has 8 heteroatoms. The molecule has 0 aliphatic heterocycles. The fourth-order valence-electron chi connectivity index (χ4n) is 2.77. The van der Waals surface area contributed by atoms with Crippen LogP contribution in [-0.2, 0) is 19.5 Å². The molecule has 142 valence electrons. The highest BCUT2D eigenvalue weighted by atomic mass is 32.2. The molecule has 1 N–H and O–H groups in total. The van der Waals surface area contributed by atoms with Crippen molar-refractivity contribution in [1.82, 2.24) is 20.1 Å². The average molecular weight is 378 g/mol. The number of benzene rings is 1. The van der Waals surface area contributed by atoms with Gasteiger partial charge in [0.25, 0.3) is 5.69 Å². The minimum atomic E-state index is -0.330. The van der Waals surface area contributed by atoms with E-state index in [0.717, 1.165) is 42.5 Å². The summed E-state index contributed by atoms with van der Waals surface area (Å²) >= 11 is 1.62. The van der Waals surface area contributed by atoms with Crippen LogP contribution in [0.1, 0.15) is 37.2 Å². The third-order valence-electron chi connectivity index (χ3n) is 4.08. The molecule has 1 heterocycles. The molecule has 0 spiro atoms. The van der Waals surface area contributed by atoms with Gasteiger partial charge in [-0.05, 0) is 37.6 Å². The van der Waals surface area contributed by atoms with Crippen LogP contribution in [0, 0.1) is 23.0 Å². The summed E-state index contributed by atoms with van der Waals surface area (Å²) in [5.74, 6) is 1.57. The number of nitrogens with one attached hydrogen (secondary N) is 1. The monoisotopic (exact) mass is 377 g/mol. The molecule has 0 amide bonds. The van der Waals surface area contributed by atoms with Gasteiger partial charge >= 0.3 is 0 Å². The quantitative estimate of drug-likeness (QED) is 0.295. The molecule has 1 aromatic heterocycles. The maximum atomic E-state index is 11.0. The molecule has 7 nitrogen and oxygen atoms in total. The van der Waals surface area contributed by atoms with Gasteiger partial charge in [-0.15, -0.1) is 10.2 Å². The lowest BCUT2D eigenvalue weighted by atomic mass is 10.1. The molecule has 0 bridgehead atoms. The SMILES string of the molecule is CSc1nnc(CCCNCc2ccc(C)c([N+](=O)[O-])c2)n1CC(C)C. The summed E-state index contributed by atoms with van der Waals surface area (Å²) in [6.45, 7) is 8.51. The molecular weight excluding hydrogens is 350 g/mol. The number of nitrogens with zero attached hydrogens (tertiary/aromatic N) is 4. The predicted molar refractivity (Wildman–Crippen MR) is 105 cm³/mol. The lowest BCUT2D eigenvalue weighted by Crippen LogP contribution is -2.17. The predicted octanol–water partition coefficient (Wildman–Crippen LogP) is 3.60. The van der Waals surface area contributed by atoms with Gasteiger partial charge in [-0.2, -0.15) is 0 Å². The van der Waals surface area contributed by atoms with Gasteiger partial charge < -0.3 is 9.88 Å². The minimum absolute atomic E-state index is 0.177. The lowest BCUT2D eigenvalue weighted by Gasteiger charge is -2.11. The van der Waals surface area contributed by atoms with Gasteiger partial charge in [0, 0.05) is 31.1 Å². The summed E-state index contributed by atoms with van der Waals surface area (Å²) in [5.41, 5.74) is 1.79. The van der Waals surface area contributed by atoms with Crippen LogP contribution in [-0.4, -0.2) is 32.5 Å². The summed E-state index contributed by atoms with van der Waals surface area (Å²) in [5, 5.41) is 23.9. The zero-order chi connectivity index (χ0) is 19.1. The molecule has 0 aliphatic rings. The summed E-state index contributed by atoms with van der Waals surface area (Å²) in [6, 6.07) is 5.37. The molecule has 1 aromatic carbocycles. The topological polar surface area (TPSA) is 85.9 Å². The average Bonchev–Trinajstić information content (AvgIpc) is 2.96. The van der Waals surface area contributed by atoms with Crippen molar-refractivity contribution in [2.75, 3.05) is 12.8 Å². The van der Waals surface area contributed by atoms with E-state index < -0.39 is 0 Å². The van der Waals surface area contributed by atoms with Crippen molar-refractivity contribution in [3.63, 3.8) is 0 Å². The zero-order valence-electron chi connectivity index (χ0n) is 15.9. The van der Waals surface area contributed by atoms with Gasteiger partial charge in [0.2, 0.25) is 0 Å². The standard InChI is InChI=1S/C18H27N5O2S/c1-13(2)12-22-17(20-21-18(22)26-4)6-5-9-19-11-15-8-7-14(3)16(10-15)23(24)25/h7-8,10,13,19H,5-6,9,11-12H2,1-4H3. The van der Waals surface area contributed by atoms with Gasteiger partial charge in [-0.1, -0.05) is 37.7 Å². The normalized spacial score (nSPS) is 11.3. The first-order chi connectivity index (χ1) is 12.4. The van der Waals surface area contributed by atoms with Crippen molar-refractivity contribution in [2.24, 2.45) is 5.92 Å². The molecule has 2 rings (SSSR count). The van der Waals surface area contributed by atoms with E-state index in [1.807, 2.05) is 12.3 Å². The summed E-state index contributed by atoms with van der Waals surface area (Å²) in [7, 11) is 0. The summed E-state index contributed by atoms with van der Waals surface area (Å²) in [4.78, 5) is 10.7. The van der Waals surface area contributed by atoms with Crippen LogP contribution in [0.2, 0.25) is 0 Å². The first kappa shape index (κ1) is 20.4. The van der Waals surface area contributed by atoms with E-state index >= 15 is 0 Å². The number of hydrogen-bond donors (Lipinski definition) is 1. The molecule has 0 saturated carbocycles. The Balaban J connectivity index is 1.84. The van der Waals surface area contributed by atoms with E-state index in [1.165, 1.54) is 0 Å². The fraction of sp³-hybridized carbons (Fsp3) is 0.556. The molecule has 0 radical (unpaired) electrons. The highest BCUT2D eigenvalue weighted by molar-refractivity contribution is 7.98. The van der Waals surface area contributed by atoms with Gasteiger partial charge in [-0.3, -0.25) is 10.1 Å². The number of aromatic nitrogens is 3. The van der Waals surface area contributed by atoms with Gasteiger partial charge in [0.05, 0.1) is 4.92 Å². The maximum Gasteiger partial charge on any atom is 0.272 e.